The van der Waals surface area contributed by atoms with Crippen LogP contribution in [-0.4, -0.2) is 77.7 Å². The standard InChI is InChI=1S/C24H41N3O4S/c1-4-30-24-10-6-5-8-21(24)19-11-13-20(14-12-19)31-18-23-22(9-7-15-25-23)26-32(28,29)17-16-27(2)3/h5-6,8,10,19-20,22-23,25-26H,4,7,9,11-18H2,1-3H3/t19?,20?,22-,23-/m0/s1. The van der Waals surface area contributed by atoms with Crippen LogP contribution in [0, 0.1) is 0 Å². The highest BCUT2D eigenvalue weighted by atomic mass is 32.2. The van der Waals surface area contributed by atoms with E-state index >= 15 is 0 Å². The first kappa shape index (κ1) is 25.4. The lowest BCUT2D eigenvalue weighted by molar-refractivity contribution is 0.00510. The van der Waals surface area contributed by atoms with Gasteiger partial charge >= 0.3 is 0 Å². The summed E-state index contributed by atoms with van der Waals surface area (Å²) in [5.41, 5.74) is 1.31. The fourth-order valence-electron chi connectivity index (χ4n) is 4.75. The molecule has 0 bridgehead atoms. The number of para-hydroxylation sites is 1. The van der Waals surface area contributed by atoms with E-state index in [1.807, 2.05) is 32.0 Å². The van der Waals surface area contributed by atoms with Gasteiger partial charge in [0.25, 0.3) is 0 Å². The number of sulfonamides is 1. The molecule has 2 fully saturated rings. The van der Waals surface area contributed by atoms with Gasteiger partial charge in [0.2, 0.25) is 10.0 Å². The quantitative estimate of drug-likeness (QED) is 0.521. The van der Waals surface area contributed by atoms with Gasteiger partial charge in [-0.3, -0.25) is 0 Å². The van der Waals surface area contributed by atoms with Crippen LogP contribution in [0.3, 0.4) is 0 Å². The average Bonchev–Trinajstić information content (AvgIpc) is 2.78. The summed E-state index contributed by atoms with van der Waals surface area (Å²) in [7, 11) is 0.477. The molecule has 0 radical (unpaired) electrons. The van der Waals surface area contributed by atoms with Gasteiger partial charge in [0, 0.05) is 18.6 Å². The Labute approximate surface area is 194 Å². The van der Waals surface area contributed by atoms with Crippen molar-refractivity contribution in [3.05, 3.63) is 29.8 Å². The maximum Gasteiger partial charge on any atom is 0.213 e. The van der Waals surface area contributed by atoms with Crippen molar-refractivity contribution in [2.75, 3.05) is 46.2 Å². The second kappa shape index (κ2) is 12.3. The third-order valence-corrected chi connectivity index (χ3v) is 7.95. The lowest BCUT2D eigenvalue weighted by Gasteiger charge is -2.35. The van der Waals surface area contributed by atoms with Crippen LogP contribution in [0.15, 0.2) is 24.3 Å². The number of piperidine rings is 1. The molecule has 8 heteroatoms. The van der Waals surface area contributed by atoms with Crippen LogP contribution in [0.2, 0.25) is 0 Å². The summed E-state index contributed by atoms with van der Waals surface area (Å²) in [6.07, 6.45) is 6.29. The van der Waals surface area contributed by atoms with Gasteiger partial charge in [0.1, 0.15) is 5.75 Å². The van der Waals surface area contributed by atoms with Gasteiger partial charge in [-0.1, -0.05) is 18.2 Å². The summed E-state index contributed by atoms with van der Waals surface area (Å²) in [6, 6.07) is 8.30. The molecule has 1 aliphatic carbocycles. The number of benzene rings is 1. The number of nitrogens with one attached hydrogen (secondary N) is 2. The van der Waals surface area contributed by atoms with Crippen molar-refractivity contribution in [1.82, 2.24) is 14.9 Å². The maximum absolute atomic E-state index is 12.5. The van der Waals surface area contributed by atoms with Crippen molar-refractivity contribution in [3.8, 4) is 5.75 Å². The Kier molecular flexibility index (Phi) is 9.79. The van der Waals surface area contributed by atoms with Gasteiger partial charge < -0.3 is 19.7 Å². The van der Waals surface area contributed by atoms with E-state index in [0.29, 0.717) is 25.7 Å². The van der Waals surface area contributed by atoms with E-state index in [4.69, 9.17) is 9.47 Å². The van der Waals surface area contributed by atoms with E-state index in [9.17, 15) is 8.42 Å². The summed E-state index contributed by atoms with van der Waals surface area (Å²) < 4.78 is 40.0. The molecule has 2 atom stereocenters. The van der Waals surface area contributed by atoms with Crippen LogP contribution in [0.1, 0.15) is 56.9 Å². The van der Waals surface area contributed by atoms with Gasteiger partial charge in [0.15, 0.2) is 0 Å². The van der Waals surface area contributed by atoms with Crippen molar-refractivity contribution in [2.24, 2.45) is 0 Å². The van der Waals surface area contributed by atoms with Crippen LogP contribution in [0.4, 0.5) is 0 Å². The van der Waals surface area contributed by atoms with Gasteiger partial charge in [-0.25, -0.2) is 13.1 Å². The minimum Gasteiger partial charge on any atom is -0.494 e. The zero-order chi connectivity index (χ0) is 23.0. The molecule has 3 rings (SSSR count). The van der Waals surface area contributed by atoms with Gasteiger partial charge in [-0.15, -0.1) is 0 Å². The molecular formula is C24H41N3O4S. The molecule has 0 unspecified atom stereocenters. The van der Waals surface area contributed by atoms with E-state index in [2.05, 4.69) is 28.2 Å². The van der Waals surface area contributed by atoms with Crippen molar-refractivity contribution in [3.63, 3.8) is 0 Å². The van der Waals surface area contributed by atoms with Crippen LogP contribution >= 0.6 is 0 Å². The van der Waals surface area contributed by atoms with E-state index in [-0.39, 0.29) is 23.9 Å². The first-order valence-electron chi connectivity index (χ1n) is 12.1. The van der Waals surface area contributed by atoms with Crippen molar-refractivity contribution in [1.29, 1.82) is 0 Å². The minimum absolute atomic E-state index is 0.0225. The lowest BCUT2D eigenvalue weighted by Crippen LogP contribution is -2.56. The summed E-state index contributed by atoms with van der Waals surface area (Å²) in [5, 5.41) is 3.47. The maximum atomic E-state index is 12.5. The molecule has 0 aromatic heterocycles. The zero-order valence-corrected chi connectivity index (χ0v) is 20.7. The topological polar surface area (TPSA) is 79.9 Å². The second-order valence-corrected chi connectivity index (χ2v) is 11.2. The average molecular weight is 468 g/mol. The van der Waals surface area contributed by atoms with E-state index in [1.54, 1.807) is 0 Å². The Morgan fingerprint density at radius 2 is 1.88 bits per heavy atom. The van der Waals surface area contributed by atoms with Crippen molar-refractivity contribution < 1.29 is 17.9 Å². The highest BCUT2D eigenvalue weighted by Crippen LogP contribution is 2.38. The van der Waals surface area contributed by atoms with Gasteiger partial charge in [0.05, 0.1) is 25.1 Å². The third-order valence-electron chi connectivity index (χ3n) is 6.57. The lowest BCUT2D eigenvalue weighted by atomic mass is 9.82. The Bertz CT molecular complexity index is 794. The second-order valence-electron chi connectivity index (χ2n) is 9.33. The molecule has 1 heterocycles. The number of hydrogen-bond donors (Lipinski definition) is 2. The zero-order valence-electron chi connectivity index (χ0n) is 19.9. The van der Waals surface area contributed by atoms with E-state index in [1.165, 1.54) is 5.56 Å². The minimum atomic E-state index is -3.30. The number of rotatable bonds is 11. The van der Waals surface area contributed by atoms with Crippen molar-refractivity contribution in [2.45, 2.75) is 69.6 Å². The van der Waals surface area contributed by atoms with E-state index < -0.39 is 10.0 Å². The van der Waals surface area contributed by atoms with Crippen LogP contribution < -0.4 is 14.8 Å². The first-order valence-corrected chi connectivity index (χ1v) is 13.7. The van der Waals surface area contributed by atoms with Crippen LogP contribution in [0.5, 0.6) is 5.75 Å². The molecule has 2 N–H and O–H groups in total. The number of nitrogens with zero attached hydrogens (tertiary/aromatic N) is 1. The van der Waals surface area contributed by atoms with Gasteiger partial charge in [-0.05, 0) is 83.6 Å². The summed E-state index contributed by atoms with van der Waals surface area (Å²) in [6.45, 7) is 4.68. The molecule has 0 spiro atoms. The molecular weight excluding hydrogens is 426 g/mol. The first-order chi connectivity index (χ1) is 15.4. The summed E-state index contributed by atoms with van der Waals surface area (Å²) in [5.74, 6) is 1.65. The predicted octanol–water partition coefficient (Wildman–Crippen LogP) is 2.73. The van der Waals surface area contributed by atoms with Crippen LogP contribution in [0.25, 0.3) is 0 Å². The molecule has 1 aromatic rings. The highest BCUT2D eigenvalue weighted by Gasteiger charge is 2.31. The fourth-order valence-corrected chi connectivity index (χ4v) is 6.21. The molecule has 2 aliphatic rings. The number of hydrogen-bond acceptors (Lipinski definition) is 6. The molecule has 182 valence electrons. The largest absolute Gasteiger partial charge is 0.494 e. The summed E-state index contributed by atoms with van der Waals surface area (Å²) in [4.78, 5) is 1.89. The Morgan fingerprint density at radius 1 is 1.12 bits per heavy atom. The van der Waals surface area contributed by atoms with Gasteiger partial charge in [-0.2, -0.15) is 0 Å². The molecule has 1 aromatic carbocycles. The Morgan fingerprint density at radius 3 is 2.59 bits per heavy atom. The molecule has 0 amide bonds. The summed E-state index contributed by atoms with van der Waals surface area (Å²) >= 11 is 0. The normalized spacial score (nSPS) is 26.9. The molecule has 32 heavy (non-hydrogen) atoms. The Hall–Kier alpha value is -1.19. The molecule has 1 aliphatic heterocycles. The SMILES string of the molecule is CCOc1ccccc1C1CCC(OC[C@@H]2NCCC[C@@H]2NS(=O)(=O)CCN(C)C)CC1. The Balaban J connectivity index is 1.48. The van der Waals surface area contributed by atoms with E-state index in [0.717, 1.165) is 50.8 Å². The predicted molar refractivity (Wildman–Crippen MR) is 129 cm³/mol. The smallest absolute Gasteiger partial charge is 0.213 e. The molecule has 7 nitrogen and oxygen atoms in total. The van der Waals surface area contributed by atoms with Crippen LogP contribution in [-0.2, 0) is 14.8 Å². The highest BCUT2D eigenvalue weighted by molar-refractivity contribution is 7.89. The molecule has 1 saturated carbocycles. The molecule has 1 saturated heterocycles. The number of ether oxygens (including phenoxy) is 2. The third kappa shape index (κ3) is 7.70. The van der Waals surface area contributed by atoms with Crippen molar-refractivity contribution >= 4 is 10.0 Å². The fraction of sp³-hybridized carbons (Fsp3) is 0.750. The monoisotopic (exact) mass is 467 g/mol.